The Morgan fingerprint density at radius 1 is 1.38 bits per heavy atom. The van der Waals surface area contributed by atoms with Crippen LogP contribution >= 0.6 is 15.9 Å². The SMILES string of the molecule is CN=C(NCCc1ccc(F)c(Br)c1)NCC1(CCOC)CCC1. The van der Waals surface area contributed by atoms with Crippen LogP contribution in [0, 0.1) is 11.2 Å². The molecule has 1 aliphatic carbocycles. The van der Waals surface area contributed by atoms with Crippen molar-refractivity contribution in [2.45, 2.75) is 32.1 Å². The van der Waals surface area contributed by atoms with Gasteiger partial charge in [0.15, 0.2) is 5.96 Å². The van der Waals surface area contributed by atoms with E-state index in [1.54, 1.807) is 14.2 Å². The number of aliphatic imine (C=N–C) groups is 1. The van der Waals surface area contributed by atoms with Gasteiger partial charge in [0.2, 0.25) is 0 Å². The molecule has 0 heterocycles. The molecule has 2 rings (SSSR count). The predicted octanol–water partition coefficient (Wildman–Crippen LogP) is 3.50. The van der Waals surface area contributed by atoms with Crippen LogP contribution in [-0.4, -0.2) is 39.8 Å². The average Bonchev–Trinajstić information content (AvgIpc) is 2.55. The number of benzene rings is 1. The van der Waals surface area contributed by atoms with E-state index >= 15 is 0 Å². The van der Waals surface area contributed by atoms with Crippen molar-refractivity contribution in [1.29, 1.82) is 0 Å². The van der Waals surface area contributed by atoms with Crippen LogP contribution in [0.15, 0.2) is 27.7 Å². The molecular weight excluding hydrogens is 373 g/mol. The third-order valence-corrected chi connectivity index (χ3v) is 5.40. The van der Waals surface area contributed by atoms with E-state index in [-0.39, 0.29) is 5.82 Å². The zero-order valence-corrected chi connectivity index (χ0v) is 16.1. The van der Waals surface area contributed by atoms with Gasteiger partial charge in [-0.1, -0.05) is 12.5 Å². The number of nitrogens with one attached hydrogen (secondary N) is 2. The van der Waals surface area contributed by atoms with Gasteiger partial charge < -0.3 is 15.4 Å². The first-order chi connectivity index (χ1) is 11.6. The molecule has 0 aliphatic heterocycles. The summed E-state index contributed by atoms with van der Waals surface area (Å²) in [5.74, 6) is 0.589. The van der Waals surface area contributed by atoms with Gasteiger partial charge in [-0.2, -0.15) is 0 Å². The second-order valence-corrected chi connectivity index (χ2v) is 7.30. The standard InChI is InChI=1S/C18H27BrFN3O/c1-21-17(23-13-18(7-3-8-18)9-11-24-2)22-10-6-14-4-5-16(20)15(19)12-14/h4-5,12H,3,6-11,13H2,1-2H3,(H2,21,22,23). The van der Waals surface area contributed by atoms with Gasteiger partial charge in [0.05, 0.1) is 4.47 Å². The number of hydrogen-bond donors (Lipinski definition) is 2. The number of guanidine groups is 1. The first-order valence-corrected chi connectivity index (χ1v) is 9.25. The Hall–Kier alpha value is -1.14. The van der Waals surface area contributed by atoms with Crippen LogP contribution in [0.4, 0.5) is 4.39 Å². The molecule has 0 atom stereocenters. The fourth-order valence-corrected chi connectivity index (χ4v) is 3.45. The van der Waals surface area contributed by atoms with Crippen LogP contribution in [0.3, 0.4) is 0 Å². The van der Waals surface area contributed by atoms with Crippen molar-refractivity contribution in [3.63, 3.8) is 0 Å². The minimum absolute atomic E-state index is 0.231. The van der Waals surface area contributed by atoms with Crippen molar-refractivity contribution < 1.29 is 9.13 Å². The van der Waals surface area contributed by atoms with Crippen molar-refractivity contribution in [3.8, 4) is 0 Å². The fraction of sp³-hybridized carbons (Fsp3) is 0.611. The van der Waals surface area contributed by atoms with Gasteiger partial charge in [0, 0.05) is 33.9 Å². The molecule has 134 valence electrons. The lowest BCUT2D eigenvalue weighted by atomic mass is 9.67. The molecule has 0 bridgehead atoms. The summed E-state index contributed by atoms with van der Waals surface area (Å²) in [5, 5.41) is 6.77. The molecule has 1 saturated carbocycles. The Kier molecular flexibility index (Phi) is 7.49. The average molecular weight is 400 g/mol. The normalized spacial score (nSPS) is 16.6. The van der Waals surface area contributed by atoms with Gasteiger partial charge in [-0.15, -0.1) is 0 Å². The van der Waals surface area contributed by atoms with Gasteiger partial charge >= 0.3 is 0 Å². The van der Waals surface area contributed by atoms with E-state index in [9.17, 15) is 4.39 Å². The quantitative estimate of drug-likeness (QED) is 0.519. The van der Waals surface area contributed by atoms with Crippen molar-refractivity contribution in [2.75, 3.05) is 33.9 Å². The van der Waals surface area contributed by atoms with Gasteiger partial charge in [0.25, 0.3) is 0 Å². The Balaban J connectivity index is 1.75. The van der Waals surface area contributed by atoms with Gasteiger partial charge in [-0.3, -0.25) is 4.99 Å². The van der Waals surface area contributed by atoms with Crippen molar-refractivity contribution >= 4 is 21.9 Å². The zero-order chi connectivity index (χ0) is 17.4. The Labute approximate surface area is 152 Å². The largest absolute Gasteiger partial charge is 0.385 e. The molecule has 2 N–H and O–H groups in total. The van der Waals surface area contributed by atoms with Crippen molar-refractivity contribution in [1.82, 2.24) is 10.6 Å². The maximum atomic E-state index is 13.2. The molecule has 1 aromatic carbocycles. The minimum atomic E-state index is -0.231. The van der Waals surface area contributed by atoms with E-state index < -0.39 is 0 Å². The molecule has 0 aromatic heterocycles. The third-order valence-electron chi connectivity index (χ3n) is 4.80. The molecule has 1 aromatic rings. The van der Waals surface area contributed by atoms with Crippen LogP contribution in [0.1, 0.15) is 31.2 Å². The minimum Gasteiger partial charge on any atom is -0.385 e. The van der Waals surface area contributed by atoms with Crippen molar-refractivity contribution in [3.05, 3.63) is 34.1 Å². The Bertz CT molecular complexity index is 561. The van der Waals surface area contributed by atoms with Crippen molar-refractivity contribution in [2.24, 2.45) is 10.4 Å². The second-order valence-electron chi connectivity index (χ2n) is 6.45. The lowest BCUT2D eigenvalue weighted by molar-refractivity contribution is 0.0732. The van der Waals surface area contributed by atoms with Gasteiger partial charge in [-0.05, 0) is 64.7 Å². The molecule has 0 radical (unpaired) electrons. The molecule has 4 nitrogen and oxygen atoms in total. The highest BCUT2D eigenvalue weighted by atomic mass is 79.9. The first kappa shape index (κ1) is 19.2. The first-order valence-electron chi connectivity index (χ1n) is 8.46. The van der Waals surface area contributed by atoms with E-state index in [1.165, 1.54) is 25.3 Å². The third kappa shape index (κ3) is 5.45. The molecule has 0 unspecified atom stereocenters. The van der Waals surface area contributed by atoms with E-state index in [4.69, 9.17) is 4.74 Å². The molecule has 0 spiro atoms. The highest BCUT2D eigenvalue weighted by Gasteiger charge is 2.36. The monoisotopic (exact) mass is 399 g/mol. The number of hydrogen-bond acceptors (Lipinski definition) is 2. The smallest absolute Gasteiger partial charge is 0.191 e. The number of rotatable bonds is 8. The predicted molar refractivity (Wildman–Crippen MR) is 99.9 cm³/mol. The Morgan fingerprint density at radius 2 is 2.17 bits per heavy atom. The summed E-state index contributed by atoms with van der Waals surface area (Å²) in [4.78, 5) is 4.29. The summed E-state index contributed by atoms with van der Waals surface area (Å²) in [6.45, 7) is 2.49. The summed E-state index contributed by atoms with van der Waals surface area (Å²) in [6, 6.07) is 5.12. The summed E-state index contributed by atoms with van der Waals surface area (Å²) < 4.78 is 19.0. The molecule has 6 heteroatoms. The highest BCUT2D eigenvalue weighted by Crippen LogP contribution is 2.43. The number of methoxy groups -OCH3 is 1. The summed E-state index contributed by atoms with van der Waals surface area (Å²) in [5.41, 5.74) is 1.44. The maximum Gasteiger partial charge on any atom is 0.191 e. The van der Waals surface area contributed by atoms with E-state index in [1.807, 2.05) is 12.1 Å². The van der Waals surface area contributed by atoms with Gasteiger partial charge in [0.1, 0.15) is 5.82 Å². The van der Waals surface area contributed by atoms with Crippen LogP contribution in [-0.2, 0) is 11.2 Å². The molecular formula is C18H27BrFN3O. The molecule has 0 saturated heterocycles. The van der Waals surface area contributed by atoms with E-state index in [0.717, 1.165) is 44.1 Å². The fourth-order valence-electron chi connectivity index (χ4n) is 3.02. The Morgan fingerprint density at radius 3 is 2.75 bits per heavy atom. The van der Waals surface area contributed by atoms with Crippen LogP contribution < -0.4 is 10.6 Å². The topological polar surface area (TPSA) is 45.7 Å². The molecule has 1 fully saturated rings. The number of nitrogens with zero attached hydrogens (tertiary/aromatic N) is 1. The zero-order valence-electron chi connectivity index (χ0n) is 14.5. The lowest BCUT2D eigenvalue weighted by Gasteiger charge is -2.42. The van der Waals surface area contributed by atoms with Crippen LogP contribution in [0.2, 0.25) is 0 Å². The highest BCUT2D eigenvalue weighted by molar-refractivity contribution is 9.10. The lowest BCUT2D eigenvalue weighted by Crippen LogP contribution is -2.47. The van der Waals surface area contributed by atoms with Gasteiger partial charge in [-0.25, -0.2) is 4.39 Å². The summed E-state index contributed by atoms with van der Waals surface area (Å²) in [7, 11) is 3.54. The number of halogens is 2. The summed E-state index contributed by atoms with van der Waals surface area (Å²) >= 11 is 3.22. The summed E-state index contributed by atoms with van der Waals surface area (Å²) in [6.07, 6.45) is 5.72. The van der Waals surface area contributed by atoms with Crippen LogP contribution in [0.25, 0.3) is 0 Å². The van der Waals surface area contributed by atoms with E-state index in [2.05, 4.69) is 31.6 Å². The molecule has 0 amide bonds. The molecule has 1 aliphatic rings. The van der Waals surface area contributed by atoms with E-state index in [0.29, 0.717) is 9.89 Å². The number of ether oxygens (including phenoxy) is 1. The molecule has 24 heavy (non-hydrogen) atoms. The van der Waals surface area contributed by atoms with Crippen LogP contribution in [0.5, 0.6) is 0 Å². The maximum absolute atomic E-state index is 13.2. The second kappa shape index (κ2) is 9.37.